The van der Waals surface area contributed by atoms with Crippen LogP contribution in [0, 0.1) is 50.4 Å². The normalized spacial score (nSPS) is 23.6. The van der Waals surface area contributed by atoms with Gasteiger partial charge in [0.2, 0.25) is 0 Å². The maximum atomic E-state index is 11.3. The number of terminal acetylenes is 2. The van der Waals surface area contributed by atoms with E-state index in [4.69, 9.17) is 12.8 Å². The minimum Gasteiger partial charge on any atom is -0.373 e. The van der Waals surface area contributed by atoms with Gasteiger partial charge in [-0.05, 0) is 37.8 Å². The molecule has 1 fully saturated rings. The summed E-state index contributed by atoms with van der Waals surface area (Å²) >= 11 is 0. The molecule has 2 aromatic carbocycles. The molecule has 0 saturated heterocycles. The molecule has 1 saturated carbocycles. The first-order valence-electron chi connectivity index (χ1n) is 8.89. The van der Waals surface area contributed by atoms with Crippen LogP contribution in [0.25, 0.3) is 0 Å². The van der Waals surface area contributed by atoms with Gasteiger partial charge >= 0.3 is 0 Å². The minimum absolute atomic E-state index is 0.308. The van der Waals surface area contributed by atoms with Crippen LogP contribution in [0.5, 0.6) is 0 Å². The smallest absolute Gasteiger partial charge is 0.153 e. The van der Waals surface area contributed by atoms with E-state index in [0.29, 0.717) is 11.1 Å². The Hall–Kier alpha value is -2.52. The Bertz CT molecular complexity index is 791. The van der Waals surface area contributed by atoms with Crippen molar-refractivity contribution in [2.75, 3.05) is 0 Å². The summed E-state index contributed by atoms with van der Waals surface area (Å²) in [4.78, 5) is 0. The highest BCUT2D eigenvalue weighted by atomic mass is 16.3. The number of hydrogen-bond acceptors (Lipinski definition) is 2. The highest BCUT2D eigenvalue weighted by Crippen LogP contribution is 2.53. The van der Waals surface area contributed by atoms with E-state index in [1.165, 1.54) is 0 Å². The molecule has 3 rings (SSSR count). The van der Waals surface area contributed by atoms with E-state index < -0.39 is 11.2 Å². The third kappa shape index (κ3) is 2.82. The Morgan fingerprint density at radius 3 is 1.27 bits per heavy atom. The van der Waals surface area contributed by atoms with Gasteiger partial charge in [-0.15, -0.1) is 12.8 Å². The molecule has 1 aliphatic rings. The summed E-state index contributed by atoms with van der Waals surface area (Å²) in [6, 6.07) is 15.1. The largest absolute Gasteiger partial charge is 0.373 e. The van der Waals surface area contributed by atoms with Gasteiger partial charge in [-0.1, -0.05) is 71.5 Å². The zero-order chi connectivity index (χ0) is 18.9. The first-order valence-corrected chi connectivity index (χ1v) is 8.89. The summed E-state index contributed by atoms with van der Waals surface area (Å²) in [5.74, 6) is 4.54. The minimum atomic E-state index is -1.45. The highest BCUT2D eigenvalue weighted by Gasteiger charge is 2.55. The van der Waals surface area contributed by atoms with Crippen molar-refractivity contribution in [2.24, 2.45) is 11.8 Å². The van der Waals surface area contributed by atoms with E-state index in [1.54, 1.807) is 0 Å². The van der Waals surface area contributed by atoms with Gasteiger partial charge in [0.25, 0.3) is 0 Å². The maximum absolute atomic E-state index is 11.3. The van der Waals surface area contributed by atoms with Crippen molar-refractivity contribution in [2.45, 2.75) is 37.9 Å². The molecule has 26 heavy (non-hydrogen) atoms. The van der Waals surface area contributed by atoms with E-state index in [2.05, 4.69) is 11.8 Å². The zero-order valence-electron chi connectivity index (χ0n) is 15.2. The molecular formula is C24H24O2. The second-order valence-electron chi connectivity index (χ2n) is 7.34. The van der Waals surface area contributed by atoms with Gasteiger partial charge in [0, 0.05) is 11.8 Å². The zero-order valence-corrected chi connectivity index (χ0v) is 15.2. The predicted octanol–water partition coefficient (Wildman–Crippen LogP) is 3.67. The fourth-order valence-electron chi connectivity index (χ4n) is 3.92. The van der Waals surface area contributed by atoms with Crippen molar-refractivity contribution < 1.29 is 10.2 Å². The first kappa shape index (κ1) is 18.3. The Morgan fingerprint density at radius 2 is 1.04 bits per heavy atom. The van der Waals surface area contributed by atoms with Gasteiger partial charge in [0.05, 0.1) is 0 Å². The average molecular weight is 344 g/mol. The van der Waals surface area contributed by atoms with Crippen LogP contribution in [0.2, 0.25) is 0 Å². The van der Waals surface area contributed by atoms with Crippen LogP contribution >= 0.6 is 0 Å². The standard InChI is InChI=1S/C24H24O2/c1-5-23(25,19-11-7-17(3)8-12-19)21-15-16-22(21)24(26,6-2)20-13-9-18(4)10-14-20/h1-2,7-14,21-22,25-26H,15-16H2,3-4H3/t21-,22-,23+,24+/m0/s1. The molecule has 2 nitrogen and oxygen atoms in total. The van der Waals surface area contributed by atoms with Gasteiger partial charge in [-0.25, -0.2) is 0 Å². The van der Waals surface area contributed by atoms with E-state index in [1.807, 2.05) is 62.4 Å². The lowest BCUT2D eigenvalue weighted by Gasteiger charge is -2.50. The monoisotopic (exact) mass is 344 g/mol. The van der Waals surface area contributed by atoms with Crippen LogP contribution in [0.1, 0.15) is 35.1 Å². The maximum Gasteiger partial charge on any atom is 0.153 e. The van der Waals surface area contributed by atoms with Crippen LogP contribution in [0.3, 0.4) is 0 Å². The molecule has 0 heterocycles. The van der Waals surface area contributed by atoms with Gasteiger partial charge in [0.1, 0.15) is 0 Å². The summed E-state index contributed by atoms with van der Waals surface area (Å²) in [7, 11) is 0. The summed E-state index contributed by atoms with van der Waals surface area (Å²) in [5, 5.41) is 22.6. The summed E-state index contributed by atoms with van der Waals surface area (Å²) in [6.07, 6.45) is 13.0. The van der Waals surface area contributed by atoms with Gasteiger partial charge in [-0.2, -0.15) is 0 Å². The molecule has 4 atom stereocenters. The molecule has 2 heteroatoms. The lowest BCUT2D eigenvalue weighted by Crippen LogP contribution is -2.52. The van der Waals surface area contributed by atoms with Crippen molar-refractivity contribution in [3.63, 3.8) is 0 Å². The molecular weight excluding hydrogens is 320 g/mol. The molecule has 2 N–H and O–H groups in total. The van der Waals surface area contributed by atoms with Crippen LogP contribution in [0.15, 0.2) is 48.5 Å². The quantitative estimate of drug-likeness (QED) is 0.831. The summed E-state index contributed by atoms with van der Waals surface area (Å²) in [6.45, 7) is 3.97. The number of hydrogen-bond donors (Lipinski definition) is 2. The number of aliphatic hydroxyl groups is 2. The second-order valence-corrected chi connectivity index (χ2v) is 7.34. The van der Waals surface area contributed by atoms with Crippen molar-refractivity contribution >= 4 is 0 Å². The Labute approximate surface area is 155 Å². The number of benzene rings is 2. The van der Waals surface area contributed by atoms with Crippen LogP contribution < -0.4 is 0 Å². The summed E-state index contributed by atoms with van der Waals surface area (Å²) < 4.78 is 0. The van der Waals surface area contributed by atoms with Gasteiger partial charge < -0.3 is 10.2 Å². The fraction of sp³-hybridized carbons (Fsp3) is 0.333. The lowest BCUT2D eigenvalue weighted by atomic mass is 9.56. The van der Waals surface area contributed by atoms with Crippen molar-refractivity contribution in [1.82, 2.24) is 0 Å². The Balaban J connectivity index is 1.99. The van der Waals surface area contributed by atoms with E-state index in [0.717, 1.165) is 24.0 Å². The Morgan fingerprint density at radius 1 is 0.731 bits per heavy atom. The lowest BCUT2D eigenvalue weighted by molar-refractivity contribution is -0.118. The van der Waals surface area contributed by atoms with Crippen molar-refractivity contribution in [3.05, 3.63) is 70.8 Å². The first-order chi connectivity index (χ1) is 12.3. The van der Waals surface area contributed by atoms with E-state index in [9.17, 15) is 10.2 Å². The molecule has 0 aromatic heterocycles. The van der Waals surface area contributed by atoms with Crippen molar-refractivity contribution in [3.8, 4) is 24.7 Å². The molecule has 0 radical (unpaired) electrons. The SMILES string of the molecule is C#C[C@@](O)(c1ccc(C)cc1)[C@H]1CC[C@@H]1[C@@](O)(C#C)c1ccc(C)cc1. The Kier molecular flexibility index (Phi) is 4.68. The van der Waals surface area contributed by atoms with E-state index in [-0.39, 0.29) is 11.8 Å². The average Bonchev–Trinajstić information content (AvgIpc) is 2.61. The topological polar surface area (TPSA) is 40.5 Å². The van der Waals surface area contributed by atoms with Gasteiger partial charge in [-0.3, -0.25) is 0 Å². The molecule has 2 aromatic rings. The third-order valence-electron chi connectivity index (χ3n) is 5.77. The molecule has 1 aliphatic carbocycles. The van der Waals surface area contributed by atoms with Crippen LogP contribution in [-0.4, -0.2) is 10.2 Å². The van der Waals surface area contributed by atoms with Gasteiger partial charge in [0.15, 0.2) is 11.2 Å². The van der Waals surface area contributed by atoms with Crippen molar-refractivity contribution in [1.29, 1.82) is 0 Å². The second kappa shape index (κ2) is 6.65. The fourth-order valence-corrected chi connectivity index (χ4v) is 3.92. The van der Waals surface area contributed by atoms with Crippen LogP contribution in [-0.2, 0) is 11.2 Å². The number of rotatable bonds is 4. The summed E-state index contributed by atoms with van der Waals surface area (Å²) in [5.41, 5.74) is 0.626. The third-order valence-corrected chi connectivity index (χ3v) is 5.77. The predicted molar refractivity (Wildman–Crippen MR) is 104 cm³/mol. The molecule has 0 spiro atoms. The number of aryl methyl sites for hydroxylation is 2. The van der Waals surface area contributed by atoms with E-state index >= 15 is 0 Å². The molecule has 0 unspecified atom stereocenters. The molecule has 0 amide bonds. The molecule has 0 aliphatic heterocycles. The highest BCUT2D eigenvalue weighted by molar-refractivity contribution is 5.39. The molecule has 0 bridgehead atoms. The molecule has 132 valence electrons. The van der Waals surface area contributed by atoms with Crippen LogP contribution in [0.4, 0.5) is 0 Å².